The van der Waals surface area contributed by atoms with E-state index in [2.05, 4.69) is 10.2 Å². The van der Waals surface area contributed by atoms with Crippen molar-refractivity contribution >= 4 is 5.91 Å². The maximum absolute atomic E-state index is 12.3. The first-order chi connectivity index (χ1) is 9.86. The number of hydrogen-bond acceptors (Lipinski definition) is 2. The van der Waals surface area contributed by atoms with E-state index < -0.39 is 18.1 Å². The molecule has 0 aromatic heterocycles. The lowest BCUT2D eigenvalue weighted by Gasteiger charge is -2.37. The van der Waals surface area contributed by atoms with Crippen LogP contribution >= 0.6 is 0 Å². The Balaban J connectivity index is 1.86. The van der Waals surface area contributed by atoms with Crippen LogP contribution in [0.2, 0.25) is 0 Å². The summed E-state index contributed by atoms with van der Waals surface area (Å²) in [5.41, 5.74) is 1.18. The highest BCUT2D eigenvalue weighted by Gasteiger charge is 2.41. The van der Waals surface area contributed by atoms with Crippen molar-refractivity contribution in [2.45, 2.75) is 32.1 Å². The number of nitrogens with zero attached hydrogens (tertiary/aromatic N) is 1. The predicted octanol–water partition coefficient (Wildman–Crippen LogP) is 2.58. The second-order valence-electron chi connectivity index (χ2n) is 5.56. The molecule has 0 radical (unpaired) electrons. The fourth-order valence-electron chi connectivity index (χ4n) is 2.68. The summed E-state index contributed by atoms with van der Waals surface area (Å²) in [6.45, 7) is 4.02. The molecule has 1 fully saturated rings. The monoisotopic (exact) mass is 300 g/mol. The lowest BCUT2D eigenvalue weighted by molar-refractivity contribution is -0.175. The highest BCUT2D eigenvalue weighted by molar-refractivity contribution is 5.81. The second kappa shape index (κ2) is 6.47. The summed E-state index contributed by atoms with van der Waals surface area (Å²) in [5.74, 6) is -1.84. The fraction of sp³-hybridized carbons (Fsp3) is 0.533. The van der Waals surface area contributed by atoms with E-state index in [4.69, 9.17) is 0 Å². The molecule has 1 aromatic carbocycles. The maximum Gasteiger partial charge on any atom is 0.471 e. The normalized spacial score (nSPS) is 23.8. The van der Waals surface area contributed by atoms with Crippen LogP contribution < -0.4 is 5.32 Å². The molecule has 1 N–H and O–H groups in total. The van der Waals surface area contributed by atoms with Crippen LogP contribution in [-0.2, 0) is 11.3 Å². The Bertz CT molecular complexity index is 476. The Morgan fingerprint density at radius 2 is 2.00 bits per heavy atom. The van der Waals surface area contributed by atoms with Gasteiger partial charge in [-0.25, -0.2) is 0 Å². The van der Waals surface area contributed by atoms with Gasteiger partial charge in [0.2, 0.25) is 0 Å². The number of nitrogens with one attached hydrogen (secondary N) is 1. The van der Waals surface area contributed by atoms with Crippen molar-refractivity contribution in [3.05, 3.63) is 35.9 Å². The molecule has 1 amide bonds. The molecule has 1 aliphatic heterocycles. The maximum atomic E-state index is 12.3. The quantitative estimate of drug-likeness (QED) is 0.930. The van der Waals surface area contributed by atoms with Gasteiger partial charge in [-0.3, -0.25) is 9.69 Å². The van der Waals surface area contributed by atoms with Gasteiger partial charge in [0.15, 0.2) is 0 Å². The number of carbonyl (C=O) groups is 1. The molecule has 2 rings (SSSR count). The number of rotatable bonds is 3. The van der Waals surface area contributed by atoms with Crippen LogP contribution in [0.4, 0.5) is 13.2 Å². The van der Waals surface area contributed by atoms with E-state index in [1.807, 2.05) is 37.3 Å². The van der Waals surface area contributed by atoms with Gasteiger partial charge in [0.1, 0.15) is 0 Å². The van der Waals surface area contributed by atoms with Gasteiger partial charge in [-0.15, -0.1) is 0 Å². The first kappa shape index (κ1) is 15.8. The Morgan fingerprint density at radius 3 is 2.57 bits per heavy atom. The Labute approximate surface area is 122 Å². The number of halogens is 3. The molecule has 21 heavy (non-hydrogen) atoms. The number of alkyl halides is 3. The van der Waals surface area contributed by atoms with Crippen molar-refractivity contribution in [1.82, 2.24) is 10.2 Å². The summed E-state index contributed by atoms with van der Waals surface area (Å²) in [6, 6.07) is 9.53. The van der Waals surface area contributed by atoms with Gasteiger partial charge >= 0.3 is 12.1 Å². The first-order valence-electron chi connectivity index (χ1n) is 7.00. The molecule has 3 nitrogen and oxygen atoms in total. The zero-order valence-corrected chi connectivity index (χ0v) is 11.9. The topological polar surface area (TPSA) is 32.3 Å². The minimum absolute atomic E-state index is 0.00578. The first-order valence-corrected chi connectivity index (χ1v) is 7.00. The van der Waals surface area contributed by atoms with Crippen molar-refractivity contribution in [2.24, 2.45) is 5.92 Å². The van der Waals surface area contributed by atoms with Crippen LogP contribution in [0, 0.1) is 5.92 Å². The van der Waals surface area contributed by atoms with Crippen LogP contribution in [0.1, 0.15) is 18.9 Å². The van der Waals surface area contributed by atoms with Crippen LogP contribution in [0.3, 0.4) is 0 Å². The molecule has 1 aliphatic rings. The number of hydrogen-bond donors (Lipinski definition) is 1. The second-order valence-corrected chi connectivity index (χ2v) is 5.56. The summed E-state index contributed by atoms with van der Waals surface area (Å²) < 4.78 is 36.8. The average Bonchev–Trinajstić information content (AvgIpc) is 2.42. The van der Waals surface area contributed by atoms with Crippen molar-refractivity contribution in [3.8, 4) is 0 Å². The summed E-state index contributed by atoms with van der Waals surface area (Å²) >= 11 is 0. The third kappa shape index (κ3) is 4.46. The standard InChI is InChI=1S/C15H19F3N2O/c1-11-9-20(10-12-5-3-2-4-6-12)8-7-13(11)19-14(21)15(16,17)18/h2-6,11,13H,7-10H2,1H3,(H,19,21). The average molecular weight is 300 g/mol. The predicted molar refractivity (Wildman–Crippen MR) is 73.5 cm³/mol. The third-order valence-corrected chi connectivity index (χ3v) is 3.81. The van der Waals surface area contributed by atoms with Crippen LogP contribution in [0.5, 0.6) is 0 Å². The highest BCUT2D eigenvalue weighted by Crippen LogP contribution is 2.21. The van der Waals surface area contributed by atoms with Crippen LogP contribution in [-0.4, -0.2) is 36.1 Å². The van der Waals surface area contributed by atoms with E-state index in [-0.39, 0.29) is 5.92 Å². The zero-order chi connectivity index (χ0) is 15.5. The number of carbonyl (C=O) groups excluding carboxylic acids is 1. The Morgan fingerprint density at radius 1 is 1.33 bits per heavy atom. The molecule has 1 heterocycles. The van der Waals surface area contributed by atoms with Crippen molar-refractivity contribution in [1.29, 1.82) is 0 Å². The third-order valence-electron chi connectivity index (χ3n) is 3.81. The molecule has 2 unspecified atom stereocenters. The lowest BCUT2D eigenvalue weighted by Crippen LogP contribution is -2.52. The van der Waals surface area contributed by atoms with Gasteiger partial charge < -0.3 is 5.32 Å². The molecule has 0 aliphatic carbocycles. The largest absolute Gasteiger partial charge is 0.471 e. The molecule has 1 aromatic rings. The molecule has 0 bridgehead atoms. The molecule has 6 heteroatoms. The summed E-state index contributed by atoms with van der Waals surface area (Å²) in [5, 5.41) is 2.10. The molecular formula is C15H19F3N2O. The molecular weight excluding hydrogens is 281 g/mol. The van der Waals surface area contributed by atoms with Crippen LogP contribution in [0.25, 0.3) is 0 Å². The van der Waals surface area contributed by atoms with Crippen molar-refractivity contribution in [3.63, 3.8) is 0 Å². The number of amides is 1. The van der Waals surface area contributed by atoms with E-state index in [9.17, 15) is 18.0 Å². The van der Waals surface area contributed by atoms with E-state index in [1.54, 1.807) is 0 Å². The molecule has 0 saturated carbocycles. The van der Waals surface area contributed by atoms with E-state index in [0.29, 0.717) is 19.5 Å². The van der Waals surface area contributed by atoms with Crippen molar-refractivity contribution < 1.29 is 18.0 Å². The smallest absolute Gasteiger partial charge is 0.345 e. The lowest BCUT2D eigenvalue weighted by atomic mass is 9.93. The van der Waals surface area contributed by atoms with E-state index in [1.165, 1.54) is 5.56 Å². The highest BCUT2D eigenvalue weighted by atomic mass is 19.4. The van der Waals surface area contributed by atoms with Gasteiger partial charge in [0.05, 0.1) is 0 Å². The van der Waals surface area contributed by atoms with E-state index >= 15 is 0 Å². The molecule has 116 valence electrons. The summed E-state index contributed by atoms with van der Waals surface area (Å²) in [6.07, 6.45) is -4.27. The molecule has 2 atom stereocenters. The van der Waals surface area contributed by atoms with Gasteiger partial charge in [-0.1, -0.05) is 37.3 Å². The van der Waals surface area contributed by atoms with Gasteiger partial charge in [-0.05, 0) is 17.9 Å². The number of piperidine rings is 1. The SMILES string of the molecule is CC1CN(Cc2ccccc2)CCC1NC(=O)C(F)(F)F. The molecule has 1 saturated heterocycles. The summed E-state index contributed by atoms with van der Waals surface area (Å²) in [4.78, 5) is 13.2. The van der Waals surface area contributed by atoms with Gasteiger partial charge in [-0.2, -0.15) is 13.2 Å². The van der Waals surface area contributed by atoms with Gasteiger partial charge in [0, 0.05) is 25.7 Å². The number of likely N-dealkylation sites (tertiary alicyclic amines) is 1. The van der Waals surface area contributed by atoms with Crippen molar-refractivity contribution in [2.75, 3.05) is 13.1 Å². The van der Waals surface area contributed by atoms with Gasteiger partial charge in [0.25, 0.3) is 0 Å². The Hall–Kier alpha value is -1.56. The molecule has 0 spiro atoms. The Kier molecular flexibility index (Phi) is 4.88. The van der Waals surface area contributed by atoms with Crippen LogP contribution in [0.15, 0.2) is 30.3 Å². The minimum Gasteiger partial charge on any atom is -0.345 e. The number of benzene rings is 1. The fourth-order valence-corrected chi connectivity index (χ4v) is 2.68. The summed E-state index contributed by atoms with van der Waals surface area (Å²) in [7, 11) is 0. The minimum atomic E-state index is -4.80. The van der Waals surface area contributed by atoms with E-state index in [0.717, 1.165) is 6.54 Å². The zero-order valence-electron chi connectivity index (χ0n) is 11.9.